The molecule has 30 heavy (non-hydrogen) atoms. The van der Waals surface area contributed by atoms with Crippen LogP contribution in [0.3, 0.4) is 0 Å². The second-order valence-corrected chi connectivity index (χ2v) is 7.88. The van der Waals surface area contributed by atoms with Gasteiger partial charge in [-0.15, -0.1) is 0 Å². The first-order chi connectivity index (χ1) is 14.5. The van der Waals surface area contributed by atoms with Gasteiger partial charge in [0.25, 0.3) is 5.56 Å². The number of unbranched alkanes of at least 4 members (excludes halogenated alkanes) is 1. The fraction of sp³-hybridized carbons (Fsp3) is 0.381. The minimum atomic E-state index is -0.558. The molecule has 0 aliphatic carbocycles. The van der Waals surface area contributed by atoms with Gasteiger partial charge in [-0.1, -0.05) is 37.7 Å². The van der Waals surface area contributed by atoms with E-state index in [-0.39, 0.29) is 18.1 Å². The summed E-state index contributed by atoms with van der Waals surface area (Å²) in [6.07, 6.45) is 3.89. The lowest BCUT2D eigenvalue weighted by Gasteiger charge is -2.08. The number of aromatic nitrogens is 3. The molecule has 0 unspecified atom stereocenters. The van der Waals surface area contributed by atoms with Gasteiger partial charge in [-0.3, -0.25) is 9.59 Å². The average Bonchev–Trinajstić information content (AvgIpc) is 3.14. The fourth-order valence-corrected chi connectivity index (χ4v) is 3.81. The maximum absolute atomic E-state index is 12.4. The van der Waals surface area contributed by atoms with Crippen molar-refractivity contribution in [3.8, 4) is 0 Å². The Morgan fingerprint density at radius 2 is 2.03 bits per heavy atom. The lowest BCUT2D eigenvalue weighted by molar-refractivity contribution is -0.116. The number of esters is 1. The molecule has 3 aromatic rings. The van der Waals surface area contributed by atoms with E-state index in [9.17, 15) is 14.4 Å². The van der Waals surface area contributed by atoms with Gasteiger partial charge in [-0.2, -0.15) is 9.61 Å². The summed E-state index contributed by atoms with van der Waals surface area (Å²) in [6.45, 7) is 3.93. The van der Waals surface area contributed by atoms with Gasteiger partial charge in [-0.25, -0.2) is 9.78 Å². The van der Waals surface area contributed by atoms with E-state index in [0.717, 1.165) is 30.7 Å². The highest BCUT2D eigenvalue weighted by molar-refractivity contribution is 7.16. The van der Waals surface area contributed by atoms with Crippen LogP contribution in [0.5, 0.6) is 0 Å². The van der Waals surface area contributed by atoms with E-state index in [1.54, 1.807) is 24.3 Å². The zero-order valence-electron chi connectivity index (χ0n) is 17.0. The standard InChI is InChI=1S/C21H24N4O4S/c1-3-5-10-17(26)22-15-9-6-8-14(11-15)20(28)29-13-16-12-19(27)25-21(23-16)30-18(24-25)7-4-2/h6,8-9,11-12H,3-5,7,10,13H2,1-2H3,(H,22,26). The third-order valence-corrected chi connectivity index (χ3v) is 5.26. The molecule has 1 amide bonds. The van der Waals surface area contributed by atoms with Crippen LogP contribution in [-0.2, 0) is 22.6 Å². The molecule has 1 N–H and O–H groups in total. The molecule has 2 aromatic heterocycles. The number of amides is 1. The summed E-state index contributed by atoms with van der Waals surface area (Å²) in [7, 11) is 0. The van der Waals surface area contributed by atoms with Gasteiger partial charge in [0, 0.05) is 24.6 Å². The highest BCUT2D eigenvalue weighted by Crippen LogP contribution is 2.15. The molecule has 0 saturated heterocycles. The topological polar surface area (TPSA) is 103 Å². The van der Waals surface area contributed by atoms with Gasteiger partial charge >= 0.3 is 5.97 Å². The SMILES string of the molecule is CCCCC(=O)Nc1cccc(C(=O)OCc2cc(=O)n3nc(CCC)sc3n2)c1. The number of carbonyl (C=O) groups excluding carboxylic acids is 2. The van der Waals surface area contributed by atoms with E-state index >= 15 is 0 Å². The van der Waals surface area contributed by atoms with Crippen molar-refractivity contribution in [2.75, 3.05) is 5.32 Å². The van der Waals surface area contributed by atoms with Gasteiger partial charge in [0.1, 0.15) is 11.6 Å². The number of anilines is 1. The molecule has 0 saturated carbocycles. The van der Waals surface area contributed by atoms with Crippen molar-refractivity contribution in [2.24, 2.45) is 0 Å². The van der Waals surface area contributed by atoms with Gasteiger partial charge < -0.3 is 10.1 Å². The van der Waals surface area contributed by atoms with E-state index in [0.29, 0.717) is 28.3 Å². The number of nitrogens with one attached hydrogen (secondary N) is 1. The molecule has 2 heterocycles. The van der Waals surface area contributed by atoms with Gasteiger partial charge in [0.2, 0.25) is 10.9 Å². The summed E-state index contributed by atoms with van der Waals surface area (Å²) in [5.41, 5.74) is 0.908. The van der Waals surface area contributed by atoms with Crippen LogP contribution in [0.15, 0.2) is 35.1 Å². The Balaban J connectivity index is 1.66. The number of nitrogens with zero attached hydrogens (tertiary/aromatic N) is 3. The zero-order valence-corrected chi connectivity index (χ0v) is 17.8. The summed E-state index contributed by atoms with van der Waals surface area (Å²) in [4.78, 5) is 41.4. The lowest BCUT2D eigenvalue weighted by Crippen LogP contribution is -2.17. The first-order valence-electron chi connectivity index (χ1n) is 9.96. The summed E-state index contributed by atoms with van der Waals surface area (Å²) >= 11 is 1.35. The van der Waals surface area contributed by atoms with Crippen LogP contribution in [0.25, 0.3) is 4.96 Å². The maximum Gasteiger partial charge on any atom is 0.338 e. The first-order valence-corrected chi connectivity index (χ1v) is 10.8. The Bertz CT molecular complexity index is 1110. The van der Waals surface area contributed by atoms with Crippen molar-refractivity contribution in [1.82, 2.24) is 14.6 Å². The van der Waals surface area contributed by atoms with Crippen LogP contribution in [0.1, 0.15) is 60.6 Å². The summed E-state index contributed by atoms with van der Waals surface area (Å²) < 4.78 is 6.59. The molecule has 0 aliphatic rings. The van der Waals surface area contributed by atoms with Gasteiger partial charge in [-0.05, 0) is 31.0 Å². The molecule has 3 rings (SSSR count). The molecule has 8 nitrogen and oxygen atoms in total. The molecule has 9 heteroatoms. The fourth-order valence-electron chi connectivity index (χ4n) is 2.79. The Kier molecular flexibility index (Phi) is 7.29. The lowest BCUT2D eigenvalue weighted by atomic mass is 10.2. The molecule has 0 fully saturated rings. The van der Waals surface area contributed by atoms with E-state index in [2.05, 4.69) is 15.4 Å². The highest BCUT2D eigenvalue weighted by Gasteiger charge is 2.13. The highest BCUT2D eigenvalue weighted by atomic mass is 32.1. The van der Waals surface area contributed by atoms with Crippen LogP contribution in [0.4, 0.5) is 5.69 Å². The third kappa shape index (κ3) is 5.50. The van der Waals surface area contributed by atoms with Gasteiger partial charge in [0.15, 0.2) is 0 Å². The quantitative estimate of drug-likeness (QED) is 0.523. The molecule has 0 spiro atoms. The number of carbonyl (C=O) groups is 2. The number of aryl methyl sites for hydroxylation is 1. The summed E-state index contributed by atoms with van der Waals surface area (Å²) in [5.74, 6) is -0.648. The maximum atomic E-state index is 12.4. The number of benzene rings is 1. The predicted molar refractivity (Wildman–Crippen MR) is 115 cm³/mol. The molecular weight excluding hydrogens is 404 g/mol. The van der Waals surface area contributed by atoms with Crippen LogP contribution in [0.2, 0.25) is 0 Å². The number of ether oxygens (including phenoxy) is 1. The van der Waals surface area contributed by atoms with Crippen molar-refractivity contribution < 1.29 is 14.3 Å². The third-order valence-electron chi connectivity index (χ3n) is 4.29. The van der Waals surface area contributed by atoms with Gasteiger partial charge in [0.05, 0.1) is 11.3 Å². The minimum Gasteiger partial charge on any atom is -0.456 e. The molecule has 0 radical (unpaired) electrons. The van der Waals surface area contributed by atoms with E-state index in [1.807, 2.05) is 13.8 Å². The minimum absolute atomic E-state index is 0.0904. The molecule has 158 valence electrons. The molecule has 0 atom stereocenters. The number of hydrogen-bond acceptors (Lipinski definition) is 7. The zero-order chi connectivity index (χ0) is 21.5. The monoisotopic (exact) mass is 428 g/mol. The smallest absolute Gasteiger partial charge is 0.338 e. The molecule has 1 aromatic carbocycles. The largest absolute Gasteiger partial charge is 0.456 e. The molecular formula is C21H24N4O4S. The van der Waals surface area contributed by atoms with E-state index < -0.39 is 5.97 Å². The Hall–Kier alpha value is -3.07. The summed E-state index contributed by atoms with van der Waals surface area (Å²) in [5, 5.41) is 7.87. The number of hydrogen-bond donors (Lipinski definition) is 1. The average molecular weight is 429 g/mol. The number of fused-ring (bicyclic) bond motifs is 1. The van der Waals surface area contributed by atoms with Crippen molar-refractivity contribution in [3.05, 3.63) is 57.0 Å². The van der Waals surface area contributed by atoms with E-state index in [1.165, 1.54) is 21.9 Å². The Morgan fingerprint density at radius 1 is 1.20 bits per heavy atom. The number of rotatable bonds is 9. The van der Waals surface area contributed by atoms with E-state index in [4.69, 9.17) is 4.74 Å². The van der Waals surface area contributed by atoms with Crippen molar-refractivity contribution in [2.45, 2.75) is 52.6 Å². The Labute approximate surface area is 177 Å². The van der Waals surface area contributed by atoms with Crippen LogP contribution in [-0.4, -0.2) is 26.5 Å². The predicted octanol–water partition coefficient (Wildman–Crippen LogP) is 3.59. The van der Waals surface area contributed by atoms with Crippen molar-refractivity contribution >= 4 is 33.9 Å². The normalized spacial score (nSPS) is 10.9. The van der Waals surface area contributed by atoms with Crippen molar-refractivity contribution in [1.29, 1.82) is 0 Å². The second-order valence-electron chi connectivity index (χ2n) is 6.83. The second kappa shape index (κ2) is 10.1. The molecule has 0 bridgehead atoms. The summed E-state index contributed by atoms with van der Waals surface area (Å²) in [6, 6.07) is 7.89. The Morgan fingerprint density at radius 3 is 2.80 bits per heavy atom. The van der Waals surface area contributed by atoms with Crippen LogP contribution < -0.4 is 10.9 Å². The van der Waals surface area contributed by atoms with Crippen LogP contribution in [0, 0.1) is 0 Å². The first kappa shape index (κ1) is 21.6. The molecule has 0 aliphatic heterocycles. The van der Waals surface area contributed by atoms with Crippen molar-refractivity contribution in [3.63, 3.8) is 0 Å². The van der Waals surface area contributed by atoms with Crippen LogP contribution >= 0.6 is 11.3 Å².